The molecule has 0 aliphatic carbocycles. The quantitative estimate of drug-likeness (QED) is 0.243. The number of hydrogen-bond acceptors (Lipinski definition) is 6. The van der Waals surface area contributed by atoms with Crippen LogP contribution in [0.15, 0.2) is 66.7 Å². The van der Waals surface area contributed by atoms with Crippen LogP contribution >= 0.6 is 0 Å². The number of benzene rings is 3. The predicted octanol–water partition coefficient (Wildman–Crippen LogP) is 5.35. The highest BCUT2D eigenvalue weighted by molar-refractivity contribution is 5.92. The number of nitrogens with zero attached hydrogens (tertiary/aromatic N) is 1. The van der Waals surface area contributed by atoms with Gasteiger partial charge in [0, 0.05) is 0 Å². The maximum Gasteiger partial charge on any atom is 0.343 e. The number of carbonyl (C=O) groups is 1. The van der Waals surface area contributed by atoms with Gasteiger partial charge in [-0.1, -0.05) is 37.1 Å². The molecule has 0 aliphatic rings. The normalized spacial score (nSPS) is 10.3. The van der Waals surface area contributed by atoms with E-state index in [0.29, 0.717) is 41.5 Å². The summed E-state index contributed by atoms with van der Waals surface area (Å²) in [5, 5.41) is 8.92. The Balaban J connectivity index is 1.59. The van der Waals surface area contributed by atoms with Gasteiger partial charge in [0.05, 0.1) is 30.9 Å². The fraction of sp³-hybridized carbons (Fsp3) is 0.259. The lowest BCUT2D eigenvalue weighted by atomic mass is 10.0. The third kappa shape index (κ3) is 6.83. The van der Waals surface area contributed by atoms with Crippen molar-refractivity contribution in [3.8, 4) is 34.4 Å². The van der Waals surface area contributed by atoms with Crippen molar-refractivity contribution in [1.82, 2.24) is 0 Å². The van der Waals surface area contributed by atoms with Crippen LogP contribution in [0.2, 0.25) is 0 Å². The fourth-order valence-electron chi connectivity index (χ4n) is 3.31. The minimum Gasteiger partial charge on any atom is -0.493 e. The highest BCUT2D eigenvalue weighted by Crippen LogP contribution is 2.29. The summed E-state index contributed by atoms with van der Waals surface area (Å²) in [5.41, 5.74) is 8.43. The maximum absolute atomic E-state index is 12.6. The Morgan fingerprint density at radius 3 is 2.18 bits per heavy atom. The van der Waals surface area contributed by atoms with Gasteiger partial charge in [0.1, 0.15) is 5.75 Å². The molecule has 3 rings (SSSR count). The zero-order chi connectivity index (χ0) is 23.5. The molecule has 0 fully saturated rings. The summed E-state index contributed by atoms with van der Waals surface area (Å²) in [6.45, 7) is 1.30. The number of nitrogens with two attached hydrogens (primary N) is 1. The summed E-state index contributed by atoms with van der Waals surface area (Å²) in [6.07, 6.45) is 4.12. The van der Waals surface area contributed by atoms with E-state index in [1.807, 2.05) is 24.3 Å². The first-order chi connectivity index (χ1) is 16.1. The summed E-state index contributed by atoms with van der Waals surface area (Å²) in [4.78, 5) is 12.6. The van der Waals surface area contributed by atoms with Crippen molar-refractivity contribution < 1.29 is 19.0 Å². The number of esters is 1. The van der Waals surface area contributed by atoms with Gasteiger partial charge >= 0.3 is 5.97 Å². The van der Waals surface area contributed by atoms with E-state index in [-0.39, 0.29) is 0 Å². The summed E-state index contributed by atoms with van der Waals surface area (Å²) in [5.74, 6) is 1.05. The second-order valence-corrected chi connectivity index (χ2v) is 7.52. The largest absolute Gasteiger partial charge is 0.493 e. The second-order valence-electron chi connectivity index (χ2n) is 7.52. The van der Waals surface area contributed by atoms with Gasteiger partial charge in [0.15, 0.2) is 11.5 Å². The standard InChI is InChI=1S/C27H28N2O4/c1-31-26-18-23(12-15-25(26)32-17-5-3-2-4-16-28)27(30)33-24-13-10-22(11-14-24)21-8-6-20(19-29)7-9-21/h6-15,18H,2-5,16-17,28H2,1H3. The summed E-state index contributed by atoms with van der Waals surface area (Å²) < 4.78 is 16.7. The number of hydrogen-bond donors (Lipinski definition) is 1. The van der Waals surface area contributed by atoms with Crippen molar-refractivity contribution >= 4 is 5.97 Å². The molecule has 0 amide bonds. The van der Waals surface area contributed by atoms with Crippen molar-refractivity contribution in [3.63, 3.8) is 0 Å². The molecule has 6 heteroatoms. The zero-order valence-corrected chi connectivity index (χ0v) is 18.8. The molecule has 0 atom stereocenters. The highest BCUT2D eigenvalue weighted by atomic mass is 16.5. The van der Waals surface area contributed by atoms with Crippen LogP contribution in [-0.4, -0.2) is 26.2 Å². The number of rotatable bonds is 11. The van der Waals surface area contributed by atoms with Crippen LogP contribution in [0.1, 0.15) is 41.6 Å². The zero-order valence-electron chi connectivity index (χ0n) is 18.8. The predicted molar refractivity (Wildman–Crippen MR) is 128 cm³/mol. The van der Waals surface area contributed by atoms with Gasteiger partial charge in [-0.25, -0.2) is 4.79 Å². The van der Waals surface area contributed by atoms with Gasteiger partial charge in [0.2, 0.25) is 0 Å². The number of carbonyl (C=O) groups excluding carboxylic acids is 1. The molecule has 0 saturated heterocycles. The molecule has 2 N–H and O–H groups in total. The molecule has 3 aromatic rings. The maximum atomic E-state index is 12.6. The Bertz CT molecular complexity index is 1090. The van der Waals surface area contributed by atoms with E-state index in [4.69, 9.17) is 25.2 Å². The van der Waals surface area contributed by atoms with Crippen LogP contribution in [-0.2, 0) is 0 Å². The van der Waals surface area contributed by atoms with E-state index >= 15 is 0 Å². The third-order valence-corrected chi connectivity index (χ3v) is 5.17. The lowest BCUT2D eigenvalue weighted by molar-refractivity contribution is 0.0734. The topological polar surface area (TPSA) is 94.6 Å². The molecule has 0 heterocycles. The Morgan fingerprint density at radius 2 is 1.55 bits per heavy atom. The van der Waals surface area contributed by atoms with Crippen LogP contribution in [0.4, 0.5) is 0 Å². The van der Waals surface area contributed by atoms with Gasteiger partial charge in [-0.15, -0.1) is 0 Å². The van der Waals surface area contributed by atoms with Gasteiger partial charge in [0.25, 0.3) is 0 Å². The summed E-state index contributed by atoms with van der Waals surface area (Å²) in [6, 6.07) is 21.6. The Kier molecular flexibility index (Phi) is 8.87. The molecular weight excluding hydrogens is 416 g/mol. The SMILES string of the molecule is COc1cc(C(=O)Oc2ccc(-c3ccc(C#N)cc3)cc2)ccc1OCCCCCCN. The van der Waals surface area contributed by atoms with Crippen LogP contribution in [0.25, 0.3) is 11.1 Å². The van der Waals surface area contributed by atoms with Crippen molar-refractivity contribution in [1.29, 1.82) is 5.26 Å². The van der Waals surface area contributed by atoms with Gasteiger partial charge in [-0.05, 0) is 73.0 Å². The number of methoxy groups -OCH3 is 1. The number of nitriles is 1. The van der Waals surface area contributed by atoms with Gasteiger partial charge < -0.3 is 19.9 Å². The van der Waals surface area contributed by atoms with Crippen molar-refractivity contribution in [2.24, 2.45) is 5.73 Å². The molecular formula is C27H28N2O4. The summed E-state index contributed by atoms with van der Waals surface area (Å²) in [7, 11) is 1.54. The first-order valence-corrected chi connectivity index (χ1v) is 11.0. The molecule has 0 aliphatic heterocycles. The van der Waals surface area contributed by atoms with Crippen molar-refractivity contribution in [3.05, 3.63) is 77.9 Å². The highest BCUT2D eigenvalue weighted by Gasteiger charge is 2.13. The van der Waals surface area contributed by atoms with Crippen LogP contribution < -0.4 is 19.9 Å². The fourth-order valence-corrected chi connectivity index (χ4v) is 3.31. The number of unbranched alkanes of at least 4 members (excludes halogenated alkanes) is 3. The number of ether oxygens (including phenoxy) is 3. The van der Waals surface area contributed by atoms with Crippen molar-refractivity contribution in [2.45, 2.75) is 25.7 Å². The summed E-state index contributed by atoms with van der Waals surface area (Å²) >= 11 is 0. The molecule has 0 bridgehead atoms. The van der Waals surface area contributed by atoms with Crippen molar-refractivity contribution in [2.75, 3.05) is 20.3 Å². The van der Waals surface area contributed by atoms with E-state index < -0.39 is 5.97 Å². The average Bonchev–Trinajstić information content (AvgIpc) is 2.86. The van der Waals surface area contributed by atoms with E-state index in [1.54, 1.807) is 49.6 Å². The van der Waals surface area contributed by atoms with Crippen LogP contribution in [0, 0.1) is 11.3 Å². The van der Waals surface area contributed by atoms with E-state index in [0.717, 1.165) is 36.8 Å². The molecule has 0 saturated carbocycles. The molecule has 170 valence electrons. The molecule has 3 aromatic carbocycles. The van der Waals surface area contributed by atoms with E-state index in [2.05, 4.69) is 6.07 Å². The molecule has 6 nitrogen and oxygen atoms in total. The lowest BCUT2D eigenvalue weighted by Gasteiger charge is -2.12. The van der Waals surface area contributed by atoms with Gasteiger partial charge in [-0.2, -0.15) is 5.26 Å². The van der Waals surface area contributed by atoms with E-state index in [1.165, 1.54) is 0 Å². The van der Waals surface area contributed by atoms with Gasteiger partial charge in [-0.3, -0.25) is 0 Å². The first kappa shape index (κ1) is 23.8. The minimum atomic E-state index is -0.479. The third-order valence-electron chi connectivity index (χ3n) is 5.17. The Morgan fingerprint density at radius 1 is 0.879 bits per heavy atom. The molecule has 0 aromatic heterocycles. The lowest BCUT2D eigenvalue weighted by Crippen LogP contribution is -2.09. The van der Waals surface area contributed by atoms with Crippen LogP contribution in [0.3, 0.4) is 0 Å². The first-order valence-electron chi connectivity index (χ1n) is 11.0. The Labute approximate surface area is 194 Å². The second kappa shape index (κ2) is 12.3. The minimum absolute atomic E-state index is 0.373. The molecule has 0 radical (unpaired) electrons. The molecule has 0 spiro atoms. The smallest absolute Gasteiger partial charge is 0.343 e. The average molecular weight is 445 g/mol. The Hall–Kier alpha value is -3.82. The van der Waals surface area contributed by atoms with E-state index in [9.17, 15) is 4.79 Å². The molecule has 0 unspecified atom stereocenters. The van der Waals surface area contributed by atoms with Crippen LogP contribution in [0.5, 0.6) is 17.2 Å². The monoisotopic (exact) mass is 444 g/mol. The molecule has 33 heavy (non-hydrogen) atoms.